The molecule has 1 aromatic heterocycles. The SMILES string of the molecule is CN(CC(=O)N1CC[NH+](C)CC1)C(=O)c1ccc(-n2cccc2)cc1. The first-order valence-corrected chi connectivity index (χ1v) is 8.62. The first-order valence-electron chi connectivity index (χ1n) is 8.62. The Morgan fingerprint density at radius 3 is 2.28 bits per heavy atom. The number of piperazine rings is 1. The Bertz CT molecular complexity index is 716. The number of hydrogen-bond donors (Lipinski definition) is 1. The number of amides is 2. The summed E-state index contributed by atoms with van der Waals surface area (Å²) < 4.78 is 1.98. The minimum atomic E-state index is -0.132. The summed E-state index contributed by atoms with van der Waals surface area (Å²) >= 11 is 0. The average Bonchev–Trinajstić information content (AvgIpc) is 3.16. The van der Waals surface area contributed by atoms with Gasteiger partial charge < -0.3 is 19.3 Å². The van der Waals surface area contributed by atoms with Crippen molar-refractivity contribution in [3.05, 3.63) is 54.4 Å². The van der Waals surface area contributed by atoms with Crippen LogP contribution in [0.15, 0.2) is 48.8 Å². The highest BCUT2D eigenvalue weighted by atomic mass is 16.2. The summed E-state index contributed by atoms with van der Waals surface area (Å²) in [5.41, 5.74) is 1.59. The second kappa shape index (κ2) is 7.53. The number of likely N-dealkylation sites (N-methyl/N-ethyl adjacent to an activating group) is 2. The Kier molecular flexibility index (Phi) is 5.19. The molecule has 6 heteroatoms. The van der Waals surface area contributed by atoms with Crippen LogP contribution in [0.5, 0.6) is 0 Å². The zero-order valence-electron chi connectivity index (χ0n) is 14.8. The van der Waals surface area contributed by atoms with Gasteiger partial charge in [0.05, 0.1) is 39.8 Å². The van der Waals surface area contributed by atoms with E-state index in [4.69, 9.17) is 0 Å². The van der Waals surface area contributed by atoms with Gasteiger partial charge in [0, 0.05) is 30.7 Å². The van der Waals surface area contributed by atoms with E-state index >= 15 is 0 Å². The molecule has 0 saturated carbocycles. The van der Waals surface area contributed by atoms with E-state index in [9.17, 15) is 9.59 Å². The van der Waals surface area contributed by atoms with Crippen molar-refractivity contribution in [2.75, 3.05) is 46.8 Å². The van der Waals surface area contributed by atoms with Crippen LogP contribution in [0.4, 0.5) is 0 Å². The van der Waals surface area contributed by atoms with Gasteiger partial charge >= 0.3 is 0 Å². The summed E-state index contributed by atoms with van der Waals surface area (Å²) in [5.74, 6) is -0.112. The van der Waals surface area contributed by atoms with Crippen LogP contribution in [-0.2, 0) is 4.79 Å². The highest BCUT2D eigenvalue weighted by Gasteiger charge is 2.23. The van der Waals surface area contributed by atoms with E-state index in [0.29, 0.717) is 5.56 Å². The zero-order valence-corrected chi connectivity index (χ0v) is 14.8. The molecule has 0 atom stereocenters. The summed E-state index contributed by atoms with van der Waals surface area (Å²) in [5, 5.41) is 0. The van der Waals surface area contributed by atoms with Crippen LogP contribution in [0.1, 0.15) is 10.4 Å². The molecule has 1 aliphatic heterocycles. The fourth-order valence-electron chi connectivity index (χ4n) is 3.02. The molecule has 3 rings (SSSR count). The number of hydrogen-bond acceptors (Lipinski definition) is 2. The number of carbonyl (C=O) groups excluding carboxylic acids is 2. The summed E-state index contributed by atoms with van der Waals surface area (Å²) in [7, 11) is 3.82. The van der Waals surface area contributed by atoms with Crippen molar-refractivity contribution in [3.8, 4) is 5.69 Å². The van der Waals surface area contributed by atoms with Crippen molar-refractivity contribution in [2.45, 2.75) is 0 Å². The lowest BCUT2D eigenvalue weighted by atomic mass is 10.2. The quantitative estimate of drug-likeness (QED) is 0.845. The molecule has 1 saturated heterocycles. The van der Waals surface area contributed by atoms with Crippen LogP contribution in [0.3, 0.4) is 0 Å². The normalized spacial score (nSPS) is 15.2. The van der Waals surface area contributed by atoms with Crippen molar-refractivity contribution < 1.29 is 14.5 Å². The van der Waals surface area contributed by atoms with Crippen molar-refractivity contribution in [1.29, 1.82) is 0 Å². The highest BCUT2D eigenvalue weighted by molar-refractivity contribution is 5.96. The van der Waals surface area contributed by atoms with Gasteiger partial charge in [0.2, 0.25) is 5.91 Å². The Morgan fingerprint density at radius 2 is 1.68 bits per heavy atom. The first kappa shape index (κ1) is 17.2. The number of aromatic nitrogens is 1. The van der Waals surface area contributed by atoms with Crippen LogP contribution in [0, 0.1) is 0 Å². The smallest absolute Gasteiger partial charge is 0.254 e. The van der Waals surface area contributed by atoms with Crippen molar-refractivity contribution in [3.63, 3.8) is 0 Å². The van der Waals surface area contributed by atoms with E-state index in [1.807, 2.05) is 46.1 Å². The topological polar surface area (TPSA) is 50.0 Å². The molecule has 1 aromatic carbocycles. The standard InChI is InChI=1S/C19H24N4O2/c1-20-11-13-23(14-12-20)18(24)15-21(2)19(25)16-5-7-17(8-6-16)22-9-3-4-10-22/h3-10H,11-15H2,1-2H3/p+1. The Morgan fingerprint density at radius 1 is 1.08 bits per heavy atom. The monoisotopic (exact) mass is 341 g/mol. The third-order valence-corrected chi connectivity index (χ3v) is 4.71. The lowest BCUT2D eigenvalue weighted by molar-refractivity contribution is -0.883. The number of rotatable bonds is 4. The summed E-state index contributed by atoms with van der Waals surface area (Å²) in [4.78, 5) is 29.7. The molecule has 6 nitrogen and oxygen atoms in total. The van der Waals surface area contributed by atoms with Crippen LogP contribution >= 0.6 is 0 Å². The minimum absolute atomic E-state index is 0.0207. The maximum Gasteiger partial charge on any atom is 0.254 e. The molecule has 1 N–H and O–H groups in total. The lowest BCUT2D eigenvalue weighted by Crippen LogP contribution is -3.12. The molecule has 132 valence electrons. The molecule has 25 heavy (non-hydrogen) atoms. The van der Waals surface area contributed by atoms with E-state index in [2.05, 4.69) is 7.05 Å². The fraction of sp³-hybridized carbons (Fsp3) is 0.368. The van der Waals surface area contributed by atoms with Gasteiger partial charge in [-0.15, -0.1) is 0 Å². The molecule has 2 aromatic rings. The molecule has 0 spiro atoms. The molecule has 1 fully saturated rings. The lowest BCUT2D eigenvalue weighted by Gasteiger charge is -2.31. The fourth-order valence-corrected chi connectivity index (χ4v) is 3.02. The van der Waals surface area contributed by atoms with Crippen molar-refractivity contribution >= 4 is 11.8 Å². The van der Waals surface area contributed by atoms with Gasteiger partial charge in [-0.2, -0.15) is 0 Å². The highest BCUT2D eigenvalue weighted by Crippen LogP contribution is 2.11. The minimum Gasteiger partial charge on any atom is -0.334 e. The van der Waals surface area contributed by atoms with Gasteiger partial charge in [0.25, 0.3) is 5.91 Å². The number of carbonyl (C=O) groups is 2. The predicted molar refractivity (Wildman–Crippen MR) is 95.9 cm³/mol. The second-order valence-electron chi connectivity index (χ2n) is 6.64. The average molecular weight is 341 g/mol. The van der Waals surface area contributed by atoms with Gasteiger partial charge in [-0.3, -0.25) is 9.59 Å². The first-order chi connectivity index (χ1) is 12.0. The summed E-state index contributed by atoms with van der Waals surface area (Å²) in [6.45, 7) is 3.57. The van der Waals surface area contributed by atoms with E-state index in [0.717, 1.165) is 31.9 Å². The molecule has 0 radical (unpaired) electrons. The van der Waals surface area contributed by atoms with E-state index in [1.54, 1.807) is 19.2 Å². The van der Waals surface area contributed by atoms with Gasteiger partial charge in [-0.25, -0.2) is 0 Å². The summed E-state index contributed by atoms with van der Waals surface area (Å²) in [6, 6.07) is 11.3. The van der Waals surface area contributed by atoms with Crippen molar-refractivity contribution in [1.82, 2.24) is 14.4 Å². The van der Waals surface area contributed by atoms with E-state index < -0.39 is 0 Å². The Balaban J connectivity index is 1.59. The van der Waals surface area contributed by atoms with Gasteiger partial charge in [-0.05, 0) is 36.4 Å². The number of nitrogens with zero attached hydrogens (tertiary/aromatic N) is 3. The number of nitrogens with one attached hydrogen (secondary N) is 1. The Hall–Kier alpha value is -2.60. The number of quaternary nitrogens is 1. The van der Waals surface area contributed by atoms with Crippen molar-refractivity contribution in [2.24, 2.45) is 0 Å². The number of benzene rings is 1. The molecule has 2 heterocycles. The maximum absolute atomic E-state index is 12.6. The maximum atomic E-state index is 12.6. The third-order valence-electron chi connectivity index (χ3n) is 4.71. The van der Waals surface area contributed by atoms with Crippen LogP contribution in [-0.4, -0.2) is 73.0 Å². The zero-order chi connectivity index (χ0) is 17.8. The van der Waals surface area contributed by atoms with Gasteiger partial charge in [0.1, 0.15) is 0 Å². The third kappa shape index (κ3) is 4.09. The van der Waals surface area contributed by atoms with Crippen LogP contribution < -0.4 is 4.90 Å². The van der Waals surface area contributed by atoms with E-state index in [-0.39, 0.29) is 18.4 Å². The molecule has 2 amide bonds. The summed E-state index contributed by atoms with van der Waals surface area (Å²) in [6.07, 6.45) is 3.92. The molecular formula is C19H25N4O2+. The molecule has 0 aliphatic carbocycles. The molecular weight excluding hydrogens is 316 g/mol. The Labute approximate surface area is 148 Å². The molecule has 1 aliphatic rings. The van der Waals surface area contributed by atoms with Gasteiger partial charge in [-0.1, -0.05) is 0 Å². The van der Waals surface area contributed by atoms with Crippen LogP contribution in [0.2, 0.25) is 0 Å². The predicted octanol–water partition coefficient (Wildman–Crippen LogP) is -0.0938. The molecule has 0 bridgehead atoms. The van der Waals surface area contributed by atoms with Gasteiger partial charge in [0.15, 0.2) is 0 Å². The largest absolute Gasteiger partial charge is 0.334 e. The second-order valence-corrected chi connectivity index (χ2v) is 6.64. The van der Waals surface area contributed by atoms with Crippen LogP contribution in [0.25, 0.3) is 5.69 Å². The van der Waals surface area contributed by atoms with E-state index in [1.165, 1.54) is 9.80 Å². The molecule has 0 unspecified atom stereocenters.